The van der Waals surface area contributed by atoms with Crippen molar-refractivity contribution in [1.82, 2.24) is 0 Å². The predicted octanol–water partition coefficient (Wildman–Crippen LogP) is 21.2. The van der Waals surface area contributed by atoms with E-state index in [2.05, 4.69) is 81.5 Å². The summed E-state index contributed by atoms with van der Waals surface area (Å²) in [5.41, 5.74) is 0. The van der Waals surface area contributed by atoms with Crippen LogP contribution in [0.3, 0.4) is 0 Å². The molecule has 0 saturated carbocycles. The number of hydrogen-bond acceptors (Lipinski definition) is 5. The van der Waals surface area contributed by atoms with Gasteiger partial charge in [0, 0.05) is 19.4 Å². The molecule has 0 amide bonds. The van der Waals surface area contributed by atoms with Crippen molar-refractivity contribution in [1.29, 1.82) is 0 Å². The molecule has 0 aromatic rings. The van der Waals surface area contributed by atoms with E-state index in [1.807, 2.05) is 0 Å². The minimum absolute atomic E-state index is 0.0661. The first-order valence-electron chi connectivity index (χ1n) is 30.8. The number of carbonyl (C=O) groups excluding carboxylic acids is 2. The molecule has 0 N–H and O–H groups in total. The molecule has 0 aromatic carbocycles. The second kappa shape index (κ2) is 60.9. The lowest BCUT2D eigenvalue weighted by Gasteiger charge is -2.18. The van der Waals surface area contributed by atoms with Gasteiger partial charge in [0.1, 0.15) is 6.61 Å². The minimum Gasteiger partial charge on any atom is -0.462 e. The number of carbonyl (C=O) groups is 2. The summed E-state index contributed by atoms with van der Waals surface area (Å²) in [6, 6.07) is 0. The molecule has 0 unspecified atom stereocenters. The van der Waals surface area contributed by atoms with Crippen LogP contribution in [-0.2, 0) is 23.8 Å². The fraction of sp³-hybridized carbons (Fsp3) is 0.815. The van der Waals surface area contributed by atoms with E-state index in [-0.39, 0.29) is 25.2 Å². The molecule has 70 heavy (non-hydrogen) atoms. The van der Waals surface area contributed by atoms with Crippen molar-refractivity contribution in [2.45, 2.75) is 322 Å². The third-order valence-electron chi connectivity index (χ3n) is 13.5. The maximum Gasteiger partial charge on any atom is 0.306 e. The van der Waals surface area contributed by atoms with Gasteiger partial charge in [-0.2, -0.15) is 0 Å². The highest BCUT2D eigenvalue weighted by Gasteiger charge is 2.17. The summed E-state index contributed by atoms with van der Waals surface area (Å²) in [6.45, 7) is 7.79. The summed E-state index contributed by atoms with van der Waals surface area (Å²) in [4.78, 5) is 25.6. The molecule has 0 aromatic heterocycles. The second-order valence-electron chi connectivity index (χ2n) is 20.6. The molecule has 0 heterocycles. The van der Waals surface area contributed by atoms with Gasteiger partial charge in [-0.3, -0.25) is 9.59 Å². The molecule has 0 rings (SSSR count). The van der Waals surface area contributed by atoms with E-state index < -0.39 is 6.10 Å². The summed E-state index contributed by atoms with van der Waals surface area (Å²) < 4.78 is 17.5. The Hall–Kier alpha value is -2.40. The highest BCUT2D eigenvalue weighted by molar-refractivity contribution is 5.70. The molecule has 0 spiro atoms. The van der Waals surface area contributed by atoms with Gasteiger partial charge in [-0.1, -0.05) is 281 Å². The number of unbranched alkanes of at least 4 members (excludes halogenated alkanes) is 36. The monoisotopic (exact) mass is 979 g/mol. The van der Waals surface area contributed by atoms with Gasteiger partial charge < -0.3 is 14.2 Å². The first-order valence-corrected chi connectivity index (χ1v) is 30.8. The van der Waals surface area contributed by atoms with Gasteiger partial charge in [0.25, 0.3) is 0 Å². The minimum atomic E-state index is -0.564. The summed E-state index contributed by atoms with van der Waals surface area (Å²) in [7, 11) is 0. The number of hydrogen-bond donors (Lipinski definition) is 0. The fourth-order valence-corrected chi connectivity index (χ4v) is 8.91. The Morgan fingerprint density at radius 1 is 0.314 bits per heavy atom. The first-order chi connectivity index (χ1) is 34.6. The quantitative estimate of drug-likeness (QED) is 0.0345. The molecule has 0 saturated heterocycles. The van der Waals surface area contributed by atoms with Crippen LogP contribution in [0.4, 0.5) is 0 Å². The van der Waals surface area contributed by atoms with Gasteiger partial charge in [0.15, 0.2) is 6.10 Å². The van der Waals surface area contributed by atoms with Crippen molar-refractivity contribution in [3.8, 4) is 0 Å². The number of esters is 2. The average Bonchev–Trinajstić information content (AvgIpc) is 3.36. The largest absolute Gasteiger partial charge is 0.462 e. The van der Waals surface area contributed by atoms with E-state index in [1.165, 1.54) is 225 Å². The van der Waals surface area contributed by atoms with Crippen LogP contribution in [0.1, 0.15) is 316 Å². The molecule has 5 nitrogen and oxygen atoms in total. The van der Waals surface area contributed by atoms with Crippen molar-refractivity contribution in [3.63, 3.8) is 0 Å². The van der Waals surface area contributed by atoms with Crippen LogP contribution in [0.5, 0.6) is 0 Å². The van der Waals surface area contributed by atoms with Crippen LogP contribution in [0.15, 0.2) is 60.8 Å². The molecule has 408 valence electrons. The molecular weight excluding hydrogens is 861 g/mol. The summed E-state index contributed by atoms with van der Waals surface area (Å²) in [6.07, 6.45) is 78.3. The van der Waals surface area contributed by atoms with Crippen LogP contribution >= 0.6 is 0 Å². The van der Waals surface area contributed by atoms with Crippen molar-refractivity contribution in [2.75, 3.05) is 19.8 Å². The van der Waals surface area contributed by atoms with Gasteiger partial charge in [-0.25, -0.2) is 0 Å². The van der Waals surface area contributed by atoms with E-state index in [0.29, 0.717) is 19.4 Å². The molecule has 0 aliphatic heterocycles. The molecule has 0 aliphatic rings. The maximum absolute atomic E-state index is 12.9. The van der Waals surface area contributed by atoms with Crippen LogP contribution in [-0.4, -0.2) is 37.9 Å². The van der Waals surface area contributed by atoms with Crippen molar-refractivity contribution >= 4 is 11.9 Å². The van der Waals surface area contributed by atoms with E-state index in [9.17, 15) is 9.59 Å². The van der Waals surface area contributed by atoms with Crippen LogP contribution in [0.25, 0.3) is 0 Å². The molecule has 0 radical (unpaired) electrons. The first kappa shape index (κ1) is 67.6. The lowest BCUT2D eigenvalue weighted by atomic mass is 10.0. The fourth-order valence-electron chi connectivity index (χ4n) is 8.91. The Morgan fingerprint density at radius 3 is 1.04 bits per heavy atom. The standard InChI is InChI=1S/C65H118O5/c1-4-7-10-13-16-19-22-25-28-31-32-33-34-36-37-40-43-46-49-52-55-58-64(66)69-62-63(61-68-60-57-54-51-48-45-42-39-30-27-24-21-18-15-12-9-6-3)70-65(67)59-56-53-50-47-44-41-38-35-29-26-23-20-17-14-11-8-5-2/h17,20,25-26,28-29,38,41,47,50,63H,4-16,18-19,21-24,27,30-37,39-40,42-46,48-49,51-62H2,1-3H3/b20-17-,28-25-,29-26-,41-38-,50-47-/t63-/m1/s1. The topological polar surface area (TPSA) is 61.8 Å². The molecule has 5 heteroatoms. The van der Waals surface area contributed by atoms with Crippen molar-refractivity contribution in [3.05, 3.63) is 60.8 Å². The van der Waals surface area contributed by atoms with E-state index in [0.717, 1.165) is 57.8 Å². The Labute approximate surface area is 436 Å². The molecular formula is C65H118O5. The van der Waals surface area contributed by atoms with Gasteiger partial charge in [-0.05, 0) is 83.5 Å². The lowest BCUT2D eigenvalue weighted by molar-refractivity contribution is -0.162. The zero-order chi connectivity index (χ0) is 50.6. The number of rotatable bonds is 57. The van der Waals surface area contributed by atoms with Crippen molar-refractivity contribution < 1.29 is 23.8 Å². The normalized spacial score (nSPS) is 12.6. The van der Waals surface area contributed by atoms with E-state index >= 15 is 0 Å². The van der Waals surface area contributed by atoms with Crippen LogP contribution < -0.4 is 0 Å². The number of allylic oxidation sites excluding steroid dienone is 10. The SMILES string of the molecule is CCCCC/C=C\C/C=C\C/C=C\C/C=C\CCCC(=O)O[C@H](COCCCCCCCCCCCCCCCCCC)COC(=O)CCCCCCCCCCCCC/C=C\CCCCCCCC. The molecule has 0 bridgehead atoms. The Balaban J connectivity index is 4.30. The van der Waals surface area contributed by atoms with Crippen molar-refractivity contribution in [2.24, 2.45) is 0 Å². The Bertz CT molecular complexity index is 1200. The maximum atomic E-state index is 12.9. The van der Waals surface area contributed by atoms with Gasteiger partial charge >= 0.3 is 11.9 Å². The Morgan fingerprint density at radius 2 is 0.614 bits per heavy atom. The summed E-state index contributed by atoms with van der Waals surface area (Å²) in [5.74, 6) is -0.447. The smallest absolute Gasteiger partial charge is 0.306 e. The van der Waals surface area contributed by atoms with Crippen LogP contribution in [0.2, 0.25) is 0 Å². The predicted molar refractivity (Wildman–Crippen MR) is 307 cm³/mol. The zero-order valence-electron chi connectivity index (χ0n) is 47.0. The number of ether oxygens (including phenoxy) is 3. The third kappa shape index (κ3) is 58.2. The molecule has 0 fully saturated rings. The van der Waals surface area contributed by atoms with E-state index in [4.69, 9.17) is 14.2 Å². The molecule has 0 aliphatic carbocycles. The van der Waals surface area contributed by atoms with Gasteiger partial charge in [0.2, 0.25) is 0 Å². The van der Waals surface area contributed by atoms with E-state index in [1.54, 1.807) is 0 Å². The summed E-state index contributed by atoms with van der Waals surface area (Å²) in [5, 5.41) is 0. The highest BCUT2D eigenvalue weighted by atomic mass is 16.6. The highest BCUT2D eigenvalue weighted by Crippen LogP contribution is 2.16. The average molecular weight is 980 g/mol. The Kier molecular flexibility index (Phi) is 58.8. The second-order valence-corrected chi connectivity index (χ2v) is 20.6. The van der Waals surface area contributed by atoms with Gasteiger partial charge in [0.05, 0.1) is 6.61 Å². The van der Waals surface area contributed by atoms with Crippen LogP contribution in [0, 0.1) is 0 Å². The molecule has 1 atom stereocenters. The lowest BCUT2D eigenvalue weighted by Crippen LogP contribution is -2.30. The summed E-state index contributed by atoms with van der Waals surface area (Å²) >= 11 is 0. The van der Waals surface area contributed by atoms with Gasteiger partial charge in [-0.15, -0.1) is 0 Å². The third-order valence-corrected chi connectivity index (χ3v) is 13.5. The zero-order valence-corrected chi connectivity index (χ0v) is 47.0.